The third-order valence-electron chi connectivity index (χ3n) is 3.97. The summed E-state index contributed by atoms with van der Waals surface area (Å²) in [5.41, 5.74) is 5.92. The third-order valence-corrected chi connectivity index (χ3v) is 3.97. The first-order valence-electron chi connectivity index (χ1n) is 6.61. The van der Waals surface area contributed by atoms with Gasteiger partial charge in [-0.2, -0.15) is 0 Å². The minimum atomic E-state index is -0.0449. The van der Waals surface area contributed by atoms with Gasteiger partial charge in [-0.25, -0.2) is 0 Å². The van der Waals surface area contributed by atoms with Gasteiger partial charge >= 0.3 is 0 Å². The van der Waals surface area contributed by atoms with Crippen molar-refractivity contribution in [3.8, 4) is 0 Å². The van der Waals surface area contributed by atoms with Crippen LogP contribution in [0.25, 0.3) is 0 Å². The average Bonchev–Trinajstić information content (AvgIpc) is 2.29. The molecule has 3 N–H and O–H groups in total. The normalized spacial score (nSPS) is 22.3. The molecule has 0 bridgehead atoms. The molecule has 3 heteroatoms. The number of nitrogens with two attached hydrogens (primary N) is 1. The van der Waals surface area contributed by atoms with E-state index in [2.05, 4.69) is 19.2 Å². The first kappa shape index (κ1) is 13.9. The number of nitrogens with one attached hydrogen (secondary N) is 1. The molecule has 0 aromatic carbocycles. The van der Waals surface area contributed by atoms with Crippen molar-refractivity contribution in [3.63, 3.8) is 0 Å². The average molecular weight is 228 g/mol. The van der Waals surface area contributed by atoms with Crippen LogP contribution in [0.5, 0.6) is 0 Å². The molecule has 96 valence electrons. The molecule has 0 aromatic rings. The fourth-order valence-electron chi connectivity index (χ4n) is 2.64. The second kappa shape index (κ2) is 6.58. The van der Waals surface area contributed by atoms with Gasteiger partial charge in [0, 0.05) is 19.7 Å². The Hall–Kier alpha value is -0.120. The van der Waals surface area contributed by atoms with Gasteiger partial charge in [-0.05, 0) is 18.8 Å². The van der Waals surface area contributed by atoms with Crippen LogP contribution in [-0.4, -0.2) is 31.8 Å². The summed E-state index contributed by atoms with van der Waals surface area (Å²) in [6.07, 6.45) is 6.67. The molecule has 1 aliphatic carbocycles. The molecular formula is C13H28N2O. The fourth-order valence-corrected chi connectivity index (χ4v) is 2.64. The maximum atomic E-state index is 5.97. The van der Waals surface area contributed by atoms with Gasteiger partial charge < -0.3 is 15.8 Å². The number of hydrogen-bond acceptors (Lipinski definition) is 3. The van der Waals surface area contributed by atoms with Crippen LogP contribution >= 0.6 is 0 Å². The van der Waals surface area contributed by atoms with Crippen molar-refractivity contribution < 1.29 is 4.74 Å². The molecule has 0 saturated heterocycles. The van der Waals surface area contributed by atoms with Crippen LogP contribution in [0.2, 0.25) is 0 Å². The maximum absolute atomic E-state index is 5.97. The van der Waals surface area contributed by atoms with Crippen molar-refractivity contribution in [2.75, 3.05) is 20.3 Å². The fraction of sp³-hybridized carbons (Fsp3) is 1.00. The molecule has 1 atom stereocenters. The van der Waals surface area contributed by atoms with Crippen LogP contribution in [-0.2, 0) is 4.74 Å². The van der Waals surface area contributed by atoms with Gasteiger partial charge in [-0.1, -0.05) is 33.1 Å². The summed E-state index contributed by atoms with van der Waals surface area (Å²) in [6, 6.07) is 0.634. The minimum absolute atomic E-state index is 0.0449. The largest absolute Gasteiger partial charge is 0.383 e. The number of methoxy groups -OCH3 is 1. The lowest BCUT2D eigenvalue weighted by Gasteiger charge is -2.41. The quantitative estimate of drug-likeness (QED) is 0.730. The van der Waals surface area contributed by atoms with E-state index in [4.69, 9.17) is 10.5 Å². The summed E-state index contributed by atoms with van der Waals surface area (Å²) in [7, 11) is 1.76. The van der Waals surface area contributed by atoms with Crippen molar-refractivity contribution in [2.45, 2.75) is 57.5 Å². The zero-order valence-electron chi connectivity index (χ0n) is 11.1. The molecule has 0 spiro atoms. The molecule has 1 unspecified atom stereocenters. The molecule has 1 rings (SSSR count). The van der Waals surface area contributed by atoms with Gasteiger partial charge in [-0.3, -0.25) is 0 Å². The van der Waals surface area contributed by atoms with Crippen LogP contribution in [0.1, 0.15) is 46.0 Å². The van der Waals surface area contributed by atoms with E-state index in [9.17, 15) is 0 Å². The highest BCUT2D eigenvalue weighted by molar-refractivity contribution is 4.95. The van der Waals surface area contributed by atoms with Gasteiger partial charge in [0.2, 0.25) is 0 Å². The van der Waals surface area contributed by atoms with Gasteiger partial charge in [0.05, 0.1) is 12.1 Å². The lowest BCUT2D eigenvalue weighted by atomic mass is 9.84. The van der Waals surface area contributed by atoms with E-state index in [1.165, 1.54) is 32.1 Å². The molecule has 3 nitrogen and oxygen atoms in total. The van der Waals surface area contributed by atoms with Crippen LogP contribution in [0, 0.1) is 5.92 Å². The summed E-state index contributed by atoms with van der Waals surface area (Å²) < 4.78 is 5.36. The van der Waals surface area contributed by atoms with Gasteiger partial charge in [0.1, 0.15) is 0 Å². The van der Waals surface area contributed by atoms with Crippen molar-refractivity contribution in [3.05, 3.63) is 0 Å². The highest BCUT2D eigenvalue weighted by Gasteiger charge is 2.34. The van der Waals surface area contributed by atoms with E-state index in [1.807, 2.05) is 0 Å². The molecule has 0 radical (unpaired) electrons. The van der Waals surface area contributed by atoms with Crippen LogP contribution in [0.4, 0.5) is 0 Å². The van der Waals surface area contributed by atoms with Gasteiger partial charge in [0.25, 0.3) is 0 Å². The third kappa shape index (κ3) is 3.44. The van der Waals surface area contributed by atoms with Crippen molar-refractivity contribution >= 4 is 0 Å². The van der Waals surface area contributed by atoms with Crippen molar-refractivity contribution in [1.29, 1.82) is 0 Å². The molecule has 0 aliphatic heterocycles. The zero-order valence-corrected chi connectivity index (χ0v) is 11.1. The molecule has 16 heavy (non-hydrogen) atoms. The Morgan fingerprint density at radius 1 is 1.31 bits per heavy atom. The maximum Gasteiger partial charge on any atom is 0.0659 e. The molecule has 1 fully saturated rings. The van der Waals surface area contributed by atoms with E-state index >= 15 is 0 Å². The summed E-state index contributed by atoms with van der Waals surface area (Å²) >= 11 is 0. The SMILES string of the molecule is COCC(CN)(NC1CCCCC1)C(C)C. The first-order valence-corrected chi connectivity index (χ1v) is 6.61. The smallest absolute Gasteiger partial charge is 0.0659 e. The Bertz CT molecular complexity index is 190. The second-order valence-corrected chi connectivity index (χ2v) is 5.43. The number of hydrogen-bond donors (Lipinski definition) is 2. The lowest BCUT2D eigenvalue weighted by molar-refractivity contribution is 0.0693. The topological polar surface area (TPSA) is 47.3 Å². The number of ether oxygens (including phenoxy) is 1. The van der Waals surface area contributed by atoms with Crippen molar-refractivity contribution in [2.24, 2.45) is 11.7 Å². The van der Waals surface area contributed by atoms with Gasteiger partial charge in [0.15, 0.2) is 0 Å². The standard InChI is InChI=1S/C13H28N2O/c1-11(2)13(9-14,10-16-3)15-12-7-5-4-6-8-12/h11-12,15H,4-10,14H2,1-3H3. The molecular weight excluding hydrogens is 200 g/mol. The van der Waals surface area contributed by atoms with Crippen LogP contribution < -0.4 is 11.1 Å². The predicted molar refractivity (Wildman–Crippen MR) is 68.5 cm³/mol. The van der Waals surface area contributed by atoms with Crippen LogP contribution in [0.3, 0.4) is 0 Å². The zero-order chi connectivity index (χ0) is 12.0. The second-order valence-electron chi connectivity index (χ2n) is 5.43. The molecule has 0 heterocycles. The molecule has 0 aromatic heterocycles. The summed E-state index contributed by atoms with van der Waals surface area (Å²) in [6.45, 7) is 5.80. The highest BCUT2D eigenvalue weighted by atomic mass is 16.5. The predicted octanol–water partition coefficient (Wildman–Crippen LogP) is 1.91. The van der Waals surface area contributed by atoms with E-state index in [-0.39, 0.29) is 5.54 Å². The molecule has 1 aliphatic rings. The summed E-state index contributed by atoms with van der Waals surface area (Å²) in [5, 5.41) is 3.77. The van der Waals surface area contributed by atoms with Gasteiger partial charge in [-0.15, -0.1) is 0 Å². The van der Waals surface area contributed by atoms with Crippen LogP contribution in [0.15, 0.2) is 0 Å². The van der Waals surface area contributed by atoms with E-state index < -0.39 is 0 Å². The summed E-state index contributed by atoms with van der Waals surface area (Å²) in [4.78, 5) is 0. The van der Waals surface area contributed by atoms with E-state index in [0.29, 0.717) is 25.1 Å². The molecule has 1 saturated carbocycles. The molecule has 0 amide bonds. The monoisotopic (exact) mass is 228 g/mol. The van der Waals surface area contributed by atoms with Crippen molar-refractivity contribution in [1.82, 2.24) is 5.32 Å². The Kier molecular flexibility index (Phi) is 5.73. The lowest BCUT2D eigenvalue weighted by Crippen LogP contribution is -2.61. The Morgan fingerprint density at radius 3 is 2.38 bits per heavy atom. The Labute approximate surface area is 100 Å². The van der Waals surface area contributed by atoms with E-state index in [1.54, 1.807) is 7.11 Å². The Balaban J connectivity index is 2.60. The number of rotatable bonds is 6. The minimum Gasteiger partial charge on any atom is -0.383 e. The first-order chi connectivity index (χ1) is 7.64. The summed E-state index contributed by atoms with van der Waals surface area (Å²) in [5.74, 6) is 0.499. The van der Waals surface area contributed by atoms with E-state index in [0.717, 1.165) is 0 Å². The Morgan fingerprint density at radius 2 is 1.94 bits per heavy atom. The highest BCUT2D eigenvalue weighted by Crippen LogP contribution is 2.23.